The van der Waals surface area contributed by atoms with Gasteiger partial charge in [0.1, 0.15) is 5.82 Å². The largest absolute Gasteiger partial charge is 0.395 e. The molecule has 1 aliphatic heterocycles. The van der Waals surface area contributed by atoms with E-state index in [0.29, 0.717) is 12.0 Å². The third-order valence-corrected chi connectivity index (χ3v) is 5.56. The maximum atomic E-state index is 9.45. The first-order valence-corrected chi connectivity index (χ1v) is 9.73. The molecule has 1 aliphatic carbocycles. The first-order valence-electron chi connectivity index (χ1n) is 9.73. The number of aliphatic hydroxyl groups excluding tert-OH is 1. The molecular weight excluding hydrogens is 300 g/mol. The van der Waals surface area contributed by atoms with Crippen molar-refractivity contribution < 1.29 is 5.11 Å². The van der Waals surface area contributed by atoms with E-state index in [4.69, 9.17) is 0 Å². The number of rotatable bonds is 7. The van der Waals surface area contributed by atoms with Gasteiger partial charge >= 0.3 is 0 Å². The molecule has 1 atom stereocenters. The van der Waals surface area contributed by atoms with Crippen molar-refractivity contribution in [2.45, 2.75) is 69.9 Å². The molecule has 5 heteroatoms. The van der Waals surface area contributed by atoms with Gasteiger partial charge in [0.2, 0.25) is 0 Å². The predicted octanol–water partition coefficient (Wildman–Crippen LogP) is 2.46. The van der Waals surface area contributed by atoms with Crippen LogP contribution in [0.1, 0.15) is 68.7 Å². The van der Waals surface area contributed by atoms with Gasteiger partial charge in [0, 0.05) is 49.6 Å². The lowest BCUT2D eigenvalue weighted by Crippen LogP contribution is -2.44. The Kier molecular flexibility index (Phi) is 6.99. The average molecular weight is 332 g/mol. The maximum absolute atomic E-state index is 9.45. The summed E-state index contributed by atoms with van der Waals surface area (Å²) in [4.78, 5) is 11.6. The van der Waals surface area contributed by atoms with Crippen LogP contribution in [0.3, 0.4) is 0 Å². The molecule has 0 bridgehead atoms. The molecule has 2 fully saturated rings. The number of aliphatic hydroxyl groups is 1. The number of likely N-dealkylation sites (tertiary alicyclic amines) is 1. The van der Waals surface area contributed by atoms with E-state index >= 15 is 0 Å². The number of hydrogen-bond donors (Lipinski definition) is 2. The Balaban J connectivity index is 1.38. The molecule has 24 heavy (non-hydrogen) atoms. The summed E-state index contributed by atoms with van der Waals surface area (Å²) in [7, 11) is 0. The number of hydrogen-bond acceptors (Lipinski definition) is 5. The molecule has 1 unspecified atom stereocenters. The molecule has 1 aromatic heterocycles. The Morgan fingerprint density at radius 1 is 1.04 bits per heavy atom. The lowest BCUT2D eigenvalue weighted by atomic mass is 9.89. The van der Waals surface area contributed by atoms with Crippen LogP contribution in [0.15, 0.2) is 12.4 Å². The van der Waals surface area contributed by atoms with Crippen LogP contribution in [0.5, 0.6) is 0 Å². The zero-order valence-corrected chi connectivity index (χ0v) is 14.8. The smallest absolute Gasteiger partial charge is 0.131 e. The second-order valence-electron chi connectivity index (χ2n) is 7.33. The topological polar surface area (TPSA) is 61.3 Å². The van der Waals surface area contributed by atoms with Crippen molar-refractivity contribution in [1.82, 2.24) is 20.2 Å². The van der Waals surface area contributed by atoms with Gasteiger partial charge in [-0.3, -0.25) is 4.90 Å². The molecule has 2 heterocycles. The van der Waals surface area contributed by atoms with Crippen LogP contribution >= 0.6 is 0 Å². The van der Waals surface area contributed by atoms with Gasteiger partial charge in [-0.2, -0.15) is 0 Å². The van der Waals surface area contributed by atoms with Gasteiger partial charge in [-0.1, -0.05) is 25.7 Å². The zero-order valence-electron chi connectivity index (χ0n) is 14.8. The highest BCUT2D eigenvalue weighted by Gasteiger charge is 2.21. The van der Waals surface area contributed by atoms with Crippen LogP contribution in [-0.4, -0.2) is 52.3 Å². The number of nitrogens with zero attached hydrogens (tertiary/aromatic N) is 3. The molecule has 2 N–H and O–H groups in total. The first kappa shape index (κ1) is 17.8. The van der Waals surface area contributed by atoms with Crippen LogP contribution < -0.4 is 5.32 Å². The molecule has 0 spiro atoms. The Bertz CT molecular complexity index is 473. The fourth-order valence-corrected chi connectivity index (χ4v) is 4.04. The molecule has 2 aliphatic rings. The summed E-state index contributed by atoms with van der Waals surface area (Å²) in [5.41, 5.74) is 1.16. The van der Waals surface area contributed by atoms with Gasteiger partial charge in [-0.05, 0) is 32.2 Å². The van der Waals surface area contributed by atoms with Gasteiger partial charge in [-0.15, -0.1) is 0 Å². The highest BCUT2D eigenvalue weighted by molar-refractivity contribution is 5.07. The summed E-state index contributed by atoms with van der Waals surface area (Å²) in [6.07, 6.45) is 14.1. The number of aromatic nitrogens is 2. The monoisotopic (exact) mass is 332 g/mol. The molecule has 1 saturated heterocycles. The van der Waals surface area contributed by atoms with Crippen molar-refractivity contribution in [2.75, 3.05) is 26.2 Å². The van der Waals surface area contributed by atoms with E-state index in [1.54, 1.807) is 0 Å². The number of piperidine rings is 1. The summed E-state index contributed by atoms with van der Waals surface area (Å²) in [6, 6.07) is 0.360. The van der Waals surface area contributed by atoms with E-state index in [2.05, 4.69) is 20.2 Å². The standard InChI is InChI=1S/C19H32N4O/c24-15-18-8-4-5-10-23(18)11-9-20-12-16-13-21-19(22-14-16)17-6-2-1-3-7-17/h13-14,17-18,20,24H,1-12,15H2. The Morgan fingerprint density at radius 2 is 1.79 bits per heavy atom. The molecule has 0 radical (unpaired) electrons. The van der Waals surface area contributed by atoms with Crippen LogP contribution in [0.2, 0.25) is 0 Å². The van der Waals surface area contributed by atoms with Gasteiger partial charge in [0.15, 0.2) is 0 Å². The Hall–Kier alpha value is -1.04. The van der Waals surface area contributed by atoms with E-state index in [-0.39, 0.29) is 6.61 Å². The zero-order chi connectivity index (χ0) is 16.6. The molecule has 134 valence electrons. The molecule has 0 aromatic carbocycles. The van der Waals surface area contributed by atoms with Crippen molar-refractivity contribution in [1.29, 1.82) is 0 Å². The second-order valence-corrected chi connectivity index (χ2v) is 7.33. The summed E-state index contributed by atoms with van der Waals surface area (Å²) >= 11 is 0. The molecule has 1 saturated carbocycles. The third-order valence-electron chi connectivity index (χ3n) is 5.56. The van der Waals surface area contributed by atoms with Gasteiger partial charge < -0.3 is 10.4 Å². The molecule has 5 nitrogen and oxygen atoms in total. The normalized spacial score (nSPS) is 23.5. The van der Waals surface area contributed by atoms with E-state index < -0.39 is 0 Å². The summed E-state index contributed by atoms with van der Waals surface area (Å²) in [5, 5.41) is 12.9. The minimum Gasteiger partial charge on any atom is -0.395 e. The van der Waals surface area contributed by atoms with E-state index in [1.165, 1.54) is 44.9 Å². The lowest BCUT2D eigenvalue weighted by Gasteiger charge is -2.34. The van der Waals surface area contributed by atoms with Crippen LogP contribution in [0.4, 0.5) is 0 Å². The molecular formula is C19H32N4O. The highest BCUT2D eigenvalue weighted by atomic mass is 16.3. The predicted molar refractivity (Wildman–Crippen MR) is 95.9 cm³/mol. The summed E-state index contributed by atoms with van der Waals surface area (Å²) < 4.78 is 0. The Morgan fingerprint density at radius 3 is 2.54 bits per heavy atom. The highest BCUT2D eigenvalue weighted by Crippen LogP contribution is 2.30. The quantitative estimate of drug-likeness (QED) is 0.751. The fourth-order valence-electron chi connectivity index (χ4n) is 4.04. The van der Waals surface area contributed by atoms with Crippen molar-refractivity contribution in [3.63, 3.8) is 0 Å². The maximum Gasteiger partial charge on any atom is 0.131 e. The lowest BCUT2D eigenvalue weighted by molar-refractivity contribution is 0.0910. The second kappa shape index (κ2) is 9.44. The van der Waals surface area contributed by atoms with Gasteiger partial charge in [0.05, 0.1) is 6.61 Å². The first-order chi connectivity index (χ1) is 11.9. The van der Waals surface area contributed by atoms with Crippen molar-refractivity contribution in [3.05, 3.63) is 23.8 Å². The van der Waals surface area contributed by atoms with Crippen LogP contribution in [0, 0.1) is 0 Å². The fraction of sp³-hybridized carbons (Fsp3) is 0.789. The SMILES string of the molecule is OCC1CCCCN1CCNCc1cnc(C2CCCCC2)nc1. The third kappa shape index (κ3) is 4.98. The minimum absolute atomic E-state index is 0.288. The average Bonchev–Trinajstić information content (AvgIpc) is 2.67. The van der Waals surface area contributed by atoms with Crippen molar-refractivity contribution in [2.24, 2.45) is 0 Å². The van der Waals surface area contributed by atoms with Gasteiger partial charge in [0.25, 0.3) is 0 Å². The molecule has 0 amide bonds. The van der Waals surface area contributed by atoms with E-state index in [1.807, 2.05) is 12.4 Å². The van der Waals surface area contributed by atoms with Crippen molar-refractivity contribution >= 4 is 0 Å². The summed E-state index contributed by atoms with van der Waals surface area (Å²) in [5.74, 6) is 1.62. The minimum atomic E-state index is 0.288. The molecule has 3 rings (SSSR count). The van der Waals surface area contributed by atoms with Crippen LogP contribution in [-0.2, 0) is 6.54 Å². The van der Waals surface area contributed by atoms with Gasteiger partial charge in [-0.25, -0.2) is 9.97 Å². The summed E-state index contributed by atoms with van der Waals surface area (Å²) in [6.45, 7) is 4.18. The van der Waals surface area contributed by atoms with E-state index in [9.17, 15) is 5.11 Å². The number of nitrogens with one attached hydrogen (secondary N) is 1. The van der Waals surface area contributed by atoms with Crippen molar-refractivity contribution in [3.8, 4) is 0 Å². The van der Waals surface area contributed by atoms with E-state index in [0.717, 1.165) is 44.0 Å². The van der Waals surface area contributed by atoms with Crippen LogP contribution in [0.25, 0.3) is 0 Å². The Labute approximate surface area is 145 Å². The molecule has 1 aromatic rings.